The topological polar surface area (TPSA) is 26.0 Å². The van der Waals surface area contributed by atoms with E-state index in [2.05, 4.69) is 4.98 Å². The SMILES string of the molecule is CCc1nc(SC)c(C)o1. The first-order valence-corrected chi connectivity index (χ1v) is 4.50. The van der Waals surface area contributed by atoms with Crippen molar-refractivity contribution in [3.63, 3.8) is 0 Å². The average Bonchev–Trinajstić information content (AvgIpc) is 2.30. The van der Waals surface area contributed by atoms with Gasteiger partial charge in [0.1, 0.15) is 10.8 Å². The number of aryl methyl sites for hydroxylation is 2. The van der Waals surface area contributed by atoms with Gasteiger partial charge in [0.15, 0.2) is 5.89 Å². The zero-order chi connectivity index (χ0) is 7.56. The molecule has 0 amide bonds. The van der Waals surface area contributed by atoms with Gasteiger partial charge >= 0.3 is 0 Å². The van der Waals surface area contributed by atoms with E-state index < -0.39 is 0 Å². The summed E-state index contributed by atoms with van der Waals surface area (Å²) in [5.41, 5.74) is 0. The lowest BCUT2D eigenvalue weighted by Crippen LogP contribution is -1.76. The summed E-state index contributed by atoms with van der Waals surface area (Å²) in [6.45, 7) is 3.98. The van der Waals surface area contributed by atoms with Crippen molar-refractivity contribution in [1.82, 2.24) is 4.98 Å². The van der Waals surface area contributed by atoms with E-state index >= 15 is 0 Å². The van der Waals surface area contributed by atoms with Gasteiger partial charge in [-0.3, -0.25) is 0 Å². The molecule has 3 heteroatoms. The highest BCUT2D eigenvalue weighted by molar-refractivity contribution is 7.98. The molecule has 1 aromatic rings. The van der Waals surface area contributed by atoms with Crippen LogP contribution < -0.4 is 0 Å². The molecule has 1 rings (SSSR count). The molecule has 0 bridgehead atoms. The van der Waals surface area contributed by atoms with E-state index in [1.165, 1.54) is 0 Å². The van der Waals surface area contributed by atoms with Crippen molar-refractivity contribution in [3.05, 3.63) is 11.7 Å². The number of thioether (sulfide) groups is 1. The van der Waals surface area contributed by atoms with E-state index in [9.17, 15) is 0 Å². The van der Waals surface area contributed by atoms with Gasteiger partial charge in [-0.05, 0) is 13.2 Å². The van der Waals surface area contributed by atoms with E-state index in [4.69, 9.17) is 4.42 Å². The van der Waals surface area contributed by atoms with Crippen molar-refractivity contribution in [2.75, 3.05) is 6.26 Å². The highest BCUT2D eigenvalue weighted by atomic mass is 32.2. The number of aromatic nitrogens is 1. The van der Waals surface area contributed by atoms with Crippen LogP contribution in [0.1, 0.15) is 18.6 Å². The quantitative estimate of drug-likeness (QED) is 0.616. The molecular weight excluding hydrogens is 146 g/mol. The van der Waals surface area contributed by atoms with Crippen LogP contribution in [-0.2, 0) is 6.42 Å². The molecule has 0 radical (unpaired) electrons. The molecule has 0 saturated heterocycles. The highest BCUT2D eigenvalue weighted by Crippen LogP contribution is 2.19. The monoisotopic (exact) mass is 157 g/mol. The summed E-state index contributed by atoms with van der Waals surface area (Å²) in [7, 11) is 0. The van der Waals surface area contributed by atoms with Crippen molar-refractivity contribution >= 4 is 11.8 Å². The van der Waals surface area contributed by atoms with Crippen LogP contribution in [0.5, 0.6) is 0 Å². The second-order valence-corrected chi connectivity index (χ2v) is 2.82. The number of hydrogen-bond donors (Lipinski definition) is 0. The Bertz CT molecular complexity index is 219. The standard InChI is InChI=1S/C7H11NOS/c1-4-6-8-7(10-3)5(2)9-6/h4H2,1-3H3. The molecule has 0 aliphatic heterocycles. The number of rotatable bonds is 2. The molecule has 0 aromatic carbocycles. The minimum Gasteiger partial charge on any atom is -0.445 e. The maximum absolute atomic E-state index is 5.32. The second-order valence-electron chi connectivity index (χ2n) is 2.03. The lowest BCUT2D eigenvalue weighted by Gasteiger charge is -1.83. The molecule has 1 heterocycles. The van der Waals surface area contributed by atoms with Gasteiger partial charge in [0.2, 0.25) is 0 Å². The molecule has 0 N–H and O–H groups in total. The smallest absolute Gasteiger partial charge is 0.195 e. The molecule has 56 valence electrons. The van der Waals surface area contributed by atoms with Gasteiger partial charge in [-0.2, -0.15) is 0 Å². The van der Waals surface area contributed by atoms with Crippen LogP contribution in [0.4, 0.5) is 0 Å². The molecule has 2 nitrogen and oxygen atoms in total. The van der Waals surface area contributed by atoms with Gasteiger partial charge in [-0.25, -0.2) is 4.98 Å². The molecule has 0 fully saturated rings. The lowest BCUT2D eigenvalue weighted by atomic mass is 10.5. The van der Waals surface area contributed by atoms with Crippen molar-refractivity contribution < 1.29 is 4.42 Å². The summed E-state index contributed by atoms with van der Waals surface area (Å²) >= 11 is 1.63. The molecule has 0 spiro atoms. The van der Waals surface area contributed by atoms with E-state index in [0.717, 1.165) is 23.1 Å². The Balaban J connectivity index is 2.92. The summed E-state index contributed by atoms with van der Waals surface area (Å²) in [6.07, 6.45) is 2.88. The average molecular weight is 157 g/mol. The molecule has 0 aliphatic rings. The lowest BCUT2D eigenvalue weighted by molar-refractivity contribution is 0.475. The Kier molecular flexibility index (Phi) is 2.38. The first-order valence-electron chi connectivity index (χ1n) is 3.28. The van der Waals surface area contributed by atoms with Crippen molar-refractivity contribution in [2.45, 2.75) is 25.3 Å². The van der Waals surface area contributed by atoms with Crippen LogP contribution >= 0.6 is 11.8 Å². The van der Waals surface area contributed by atoms with Crippen molar-refractivity contribution in [3.8, 4) is 0 Å². The second kappa shape index (κ2) is 3.10. The third-order valence-corrected chi connectivity index (χ3v) is 2.06. The minimum atomic E-state index is 0.835. The minimum absolute atomic E-state index is 0.835. The van der Waals surface area contributed by atoms with Gasteiger partial charge in [0.05, 0.1) is 0 Å². The first kappa shape index (κ1) is 7.66. The van der Waals surface area contributed by atoms with Crippen LogP contribution in [0.2, 0.25) is 0 Å². The van der Waals surface area contributed by atoms with Crippen LogP contribution in [0.3, 0.4) is 0 Å². The molecule has 0 unspecified atom stereocenters. The maximum Gasteiger partial charge on any atom is 0.195 e. The summed E-state index contributed by atoms with van der Waals surface area (Å²) in [5, 5.41) is 1.01. The fourth-order valence-electron chi connectivity index (χ4n) is 0.776. The largest absolute Gasteiger partial charge is 0.445 e. The fraction of sp³-hybridized carbons (Fsp3) is 0.571. The Morgan fingerprint density at radius 3 is 2.60 bits per heavy atom. The van der Waals surface area contributed by atoms with Gasteiger partial charge in [-0.15, -0.1) is 11.8 Å². The highest BCUT2D eigenvalue weighted by Gasteiger charge is 2.04. The summed E-state index contributed by atoms with van der Waals surface area (Å²) in [6, 6.07) is 0. The van der Waals surface area contributed by atoms with E-state index in [-0.39, 0.29) is 0 Å². The van der Waals surface area contributed by atoms with E-state index in [1.54, 1.807) is 11.8 Å². The Hall–Kier alpha value is -0.440. The van der Waals surface area contributed by atoms with E-state index in [1.807, 2.05) is 20.1 Å². The molecule has 0 saturated carbocycles. The predicted molar refractivity (Wildman–Crippen MR) is 42.4 cm³/mol. The van der Waals surface area contributed by atoms with Crippen LogP contribution in [0, 0.1) is 6.92 Å². The normalized spacial score (nSPS) is 10.3. The first-order chi connectivity index (χ1) is 4.77. The van der Waals surface area contributed by atoms with Gasteiger partial charge in [0.25, 0.3) is 0 Å². The Morgan fingerprint density at radius 1 is 1.60 bits per heavy atom. The zero-order valence-electron chi connectivity index (χ0n) is 6.47. The van der Waals surface area contributed by atoms with Crippen LogP contribution in [0.25, 0.3) is 0 Å². The summed E-state index contributed by atoms with van der Waals surface area (Å²) in [4.78, 5) is 4.24. The maximum atomic E-state index is 5.32. The van der Waals surface area contributed by atoms with Crippen LogP contribution in [0.15, 0.2) is 9.44 Å². The molecule has 10 heavy (non-hydrogen) atoms. The van der Waals surface area contributed by atoms with E-state index in [0.29, 0.717) is 0 Å². The third kappa shape index (κ3) is 1.34. The Labute approximate surface area is 65.0 Å². The van der Waals surface area contributed by atoms with Gasteiger partial charge in [0, 0.05) is 6.42 Å². The van der Waals surface area contributed by atoms with Crippen molar-refractivity contribution in [1.29, 1.82) is 0 Å². The fourth-order valence-corrected chi connectivity index (χ4v) is 1.30. The van der Waals surface area contributed by atoms with Crippen molar-refractivity contribution in [2.24, 2.45) is 0 Å². The van der Waals surface area contributed by atoms with Gasteiger partial charge < -0.3 is 4.42 Å². The number of nitrogens with zero attached hydrogens (tertiary/aromatic N) is 1. The molecule has 0 atom stereocenters. The Morgan fingerprint density at radius 2 is 2.30 bits per heavy atom. The summed E-state index contributed by atoms with van der Waals surface area (Å²) < 4.78 is 5.32. The molecule has 0 aliphatic carbocycles. The zero-order valence-corrected chi connectivity index (χ0v) is 7.29. The molecular formula is C7H11NOS. The third-order valence-electron chi connectivity index (χ3n) is 1.29. The van der Waals surface area contributed by atoms with Gasteiger partial charge in [-0.1, -0.05) is 6.92 Å². The molecule has 1 aromatic heterocycles. The number of oxazole rings is 1. The predicted octanol–water partition coefficient (Wildman–Crippen LogP) is 2.27. The summed E-state index contributed by atoms with van der Waals surface area (Å²) in [5.74, 6) is 1.77. The van der Waals surface area contributed by atoms with Crippen LogP contribution in [-0.4, -0.2) is 11.2 Å². The number of hydrogen-bond acceptors (Lipinski definition) is 3.